The van der Waals surface area contributed by atoms with Gasteiger partial charge in [-0.2, -0.15) is 0 Å². The Bertz CT molecular complexity index is 193. The van der Waals surface area contributed by atoms with Gasteiger partial charge in [0, 0.05) is 0 Å². The number of amides is 1. The largest absolute Gasteiger partial charge is 0.467 e. The van der Waals surface area contributed by atoms with Gasteiger partial charge in [0.05, 0.1) is 12.3 Å². The molecule has 1 amide bonds. The molecule has 3 nitrogen and oxygen atoms in total. The lowest BCUT2D eigenvalue weighted by atomic mass is 10.3. The van der Waals surface area contributed by atoms with Crippen LogP contribution in [0.15, 0.2) is 22.8 Å². The van der Waals surface area contributed by atoms with Gasteiger partial charge in [-0.15, -0.1) is 0 Å². The number of hydrogen-bond acceptors (Lipinski definition) is 2. The topological polar surface area (TPSA) is 42.2 Å². The van der Waals surface area contributed by atoms with E-state index in [1.807, 2.05) is 13.0 Å². The molecule has 0 aromatic carbocycles. The predicted octanol–water partition coefficient (Wildman–Crippen LogP) is 1.09. The standard InChI is InChI=1S/C7H9NO2/c1-6(8-5-9)7-3-2-4-10-7/h2-6H,1H3,(H,8,9)/t6-/m1/s1. The molecule has 1 rings (SSSR count). The molecular weight excluding hydrogens is 130 g/mol. The number of nitrogens with one attached hydrogen (secondary N) is 1. The Morgan fingerprint density at radius 2 is 2.60 bits per heavy atom. The lowest BCUT2D eigenvalue weighted by Crippen LogP contribution is -2.15. The van der Waals surface area contributed by atoms with Crippen molar-refractivity contribution in [3.63, 3.8) is 0 Å². The summed E-state index contributed by atoms with van der Waals surface area (Å²) in [4.78, 5) is 9.96. The Balaban J connectivity index is 2.58. The van der Waals surface area contributed by atoms with E-state index in [0.717, 1.165) is 5.76 Å². The molecule has 0 spiro atoms. The van der Waals surface area contributed by atoms with Crippen molar-refractivity contribution < 1.29 is 9.21 Å². The van der Waals surface area contributed by atoms with Crippen LogP contribution >= 0.6 is 0 Å². The van der Waals surface area contributed by atoms with Crippen molar-refractivity contribution in [2.45, 2.75) is 13.0 Å². The summed E-state index contributed by atoms with van der Waals surface area (Å²) in [5, 5.41) is 2.57. The van der Waals surface area contributed by atoms with Gasteiger partial charge < -0.3 is 9.73 Å². The Hall–Kier alpha value is -1.25. The minimum absolute atomic E-state index is 0.0347. The number of rotatable bonds is 3. The Labute approximate surface area is 59.0 Å². The van der Waals surface area contributed by atoms with Crippen molar-refractivity contribution in [2.75, 3.05) is 0 Å². The van der Waals surface area contributed by atoms with E-state index in [9.17, 15) is 4.79 Å². The van der Waals surface area contributed by atoms with Crippen molar-refractivity contribution in [2.24, 2.45) is 0 Å². The van der Waals surface area contributed by atoms with Gasteiger partial charge in [-0.1, -0.05) is 0 Å². The molecule has 0 radical (unpaired) electrons. The Morgan fingerprint density at radius 1 is 1.80 bits per heavy atom. The summed E-state index contributed by atoms with van der Waals surface area (Å²) in [6.07, 6.45) is 2.24. The molecule has 0 aliphatic carbocycles. The van der Waals surface area contributed by atoms with E-state index >= 15 is 0 Å². The lowest BCUT2D eigenvalue weighted by Gasteiger charge is -2.04. The highest BCUT2D eigenvalue weighted by Crippen LogP contribution is 2.10. The second-order valence-corrected chi connectivity index (χ2v) is 2.02. The molecule has 0 fully saturated rings. The highest BCUT2D eigenvalue weighted by atomic mass is 16.3. The van der Waals surface area contributed by atoms with Crippen molar-refractivity contribution in [1.82, 2.24) is 5.32 Å². The number of carbonyl (C=O) groups is 1. The van der Waals surface area contributed by atoms with Crippen molar-refractivity contribution in [3.8, 4) is 0 Å². The third-order valence-corrected chi connectivity index (χ3v) is 1.29. The molecular formula is C7H9NO2. The molecule has 10 heavy (non-hydrogen) atoms. The number of furan rings is 1. The molecule has 0 aliphatic rings. The van der Waals surface area contributed by atoms with Crippen LogP contribution in [0.1, 0.15) is 18.7 Å². The minimum atomic E-state index is -0.0347. The Morgan fingerprint density at radius 3 is 3.10 bits per heavy atom. The highest BCUT2D eigenvalue weighted by Gasteiger charge is 2.04. The van der Waals surface area contributed by atoms with Crippen molar-refractivity contribution in [3.05, 3.63) is 24.2 Å². The quantitative estimate of drug-likeness (QED) is 0.637. The SMILES string of the molecule is C[C@@H](NC=O)c1ccco1. The molecule has 54 valence electrons. The monoisotopic (exact) mass is 139 g/mol. The molecule has 0 aliphatic heterocycles. The van der Waals surface area contributed by atoms with E-state index in [-0.39, 0.29) is 6.04 Å². The molecule has 1 atom stereocenters. The summed E-state index contributed by atoms with van der Waals surface area (Å²) in [5.41, 5.74) is 0. The summed E-state index contributed by atoms with van der Waals surface area (Å²) in [5.74, 6) is 0.770. The average molecular weight is 139 g/mol. The van der Waals surface area contributed by atoms with Crippen LogP contribution in [0.2, 0.25) is 0 Å². The number of hydrogen-bond donors (Lipinski definition) is 1. The molecule has 1 heterocycles. The lowest BCUT2D eigenvalue weighted by molar-refractivity contribution is -0.110. The first-order chi connectivity index (χ1) is 4.84. The van der Waals surface area contributed by atoms with Gasteiger partial charge in [0.2, 0.25) is 6.41 Å². The van der Waals surface area contributed by atoms with E-state index in [0.29, 0.717) is 6.41 Å². The fourth-order valence-corrected chi connectivity index (χ4v) is 0.722. The van der Waals surface area contributed by atoms with Crippen LogP contribution in [0, 0.1) is 0 Å². The van der Waals surface area contributed by atoms with E-state index < -0.39 is 0 Å². The summed E-state index contributed by atoms with van der Waals surface area (Å²) < 4.78 is 5.03. The fraction of sp³-hybridized carbons (Fsp3) is 0.286. The first-order valence-electron chi connectivity index (χ1n) is 3.07. The third kappa shape index (κ3) is 1.37. The van der Waals surface area contributed by atoms with Crippen molar-refractivity contribution in [1.29, 1.82) is 0 Å². The van der Waals surface area contributed by atoms with Crippen LogP contribution in [0.5, 0.6) is 0 Å². The van der Waals surface area contributed by atoms with E-state index in [1.165, 1.54) is 0 Å². The smallest absolute Gasteiger partial charge is 0.207 e. The molecule has 0 unspecified atom stereocenters. The second-order valence-electron chi connectivity index (χ2n) is 2.02. The maximum atomic E-state index is 9.96. The number of carbonyl (C=O) groups excluding carboxylic acids is 1. The van der Waals surface area contributed by atoms with Gasteiger partial charge in [-0.05, 0) is 19.1 Å². The summed E-state index contributed by atoms with van der Waals surface area (Å²) >= 11 is 0. The molecule has 0 saturated carbocycles. The normalized spacial score (nSPS) is 12.5. The van der Waals surface area contributed by atoms with Crippen LogP contribution in [0.4, 0.5) is 0 Å². The van der Waals surface area contributed by atoms with Crippen LogP contribution in [-0.2, 0) is 4.79 Å². The maximum Gasteiger partial charge on any atom is 0.207 e. The molecule has 1 N–H and O–H groups in total. The summed E-state index contributed by atoms with van der Waals surface area (Å²) in [6, 6.07) is 3.58. The fourth-order valence-electron chi connectivity index (χ4n) is 0.722. The first kappa shape index (κ1) is 6.86. The van der Waals surface area contributed by atoms with Gasteiger partial charge >= 0.3 is 0 Å². The summed E-state index contributed by atoms with van der Waals surface area (Å²) in [6.45, 7) is 1.85. The van der Waals surface area contributed by atoms with E-state index in [2.05, 4.69) is 5.32 Å². The van der Waals surface area contributed by atoms with Gasteiger partial charge in [-0.3, -0.25) is 4.79 Å². The van der Waals surface area contributed by atoms with Crippen molar-refractivity contribution >= 4 is 6.41 Å². The van der Waals surface area contributed by atoms with E-state index in [4.69, 9.17) is 4.42 Å². The first-order valence-corrected chi connectivity index (χ1v) is 3.07. The summed E-state index contributed by atoms with van der Waals surface area (Å²) in [7, 11) is 0. The van der Waals surface area contributed by atoms with Gasteiger partial charge in [0.1, 0.15) is 5.76 Å². The Kier molecular flexibility index (Phi) is 2.10. The molecule has 1 aromatic rings. The molecule has 1 aromatic heterocycles. The van der Waals surface area contributed by atoms with Gasteiger partial charge in [-0.25, -0.2) is 0 Å². The van der Waals surface area contributed by atoms with Gasteiger partial charge in [0.25, 0.3) is 0 Å². The van der Waals surface area contributed by atoms with Crippen LogP contribution < -0.4 is 5.32 Å². The maximum absolute atomic E-state index is 9.96. The second kappa shape index (κ2) is 3.06. The predicted molar refractivity (Wildman–Crippen MR) is 36.3 cm³/mol. The van der Waals surface area contributed by atoms with Crippen LogP contribution in [0.3, 0.4) is 0 Å². The molecule has 0 saturated heterocycles. The highest BCUT2D eigenvalue weighted by molar-refractivity contribution is 5.46. The zero-order chi connectivity index (χ0) is 7.40. The molecule has 3 heteroatoms. The van der Waals surface area contributed by atoms with Gasteiger partial charge in [0.15, 0.2) is 0 Å². The minimum Gasteiger partial charge on any atom is -0.467 e. The van der Waals surface area contributed by atoms with Crippen LogP contribution in [-0.4, -0.2) is 6.41 Å². The zero-order valence-corrected chi connectivity index (χ0v) is 5.70. The average Bonchev–Trinajstić information content (AvgIpc) is 2.38. The third-order valence-electron chi connectivity index (χ3n) is 1.29. The van der Waals surface area contributed by atoms with Crippen LogP contribution in [0.25, 0.3) is 0 Å². The zero-order valence-electron chi connectivity index (χ0n) is 5.70. The molecule has 0 bridgehead atoms. The van der Waals surface area contributed by atoms with E-state index in [1.54, 1.807) is 12.3 Å².